The molecule has 5 nitrogen and oxygen atoms in total. The molecular formula is C14H17FN2O3. The maximum absolute atomic E-state index is 13.8. The number of carbonyl (C=O) groups excluding carboxylic acids is 1. The zero-order chi connectivity index (χ0) is 14.9. The number of likely N-dealkylation sites (tertiary alicyclic amines) is 1. The van der Waals surface area contributed by atoms with Crippen LogP contribution in [0.15, 0.2) is 18.2 Å². The number of nitrogens with zero attached hydrogens (tertiary/aromatic N) is 1. The summed E-state index contributed by atoms with van der Waals surface area (Å²) >= 11 is 0. The van der Waals surface area contributed by atoms with E-state index >= 15 is 0 Å². The Morgan fingerprint density at radius 3 is 2.75 bits per heavy atom. The summed E-state index contributed by atoms with van der Waals surface area (Å²) in [5.74, 6) is -2.11. The Balaban J connectivity index is 2.23. The van der Waals surface area contributed by atoms with Crippen molar-refractivity contribution in [2.45, 2.75) is 19.8 Å². The van der Waals surface area contributed by atoms with Crippen molar-refractivity contribution >= 4 is 17.6 Å². The van der Waals surface area contributed by atoms with Gasteiger partial charge in [-0.1, -0.05) is 0 Å². The summed E-state index contributed by atoms with van der Waals surface area (Å²) in [5.41, 5.74) is 4.64. The van der Waals surface area contributed by atoms with Gasteiger partial charge < -0.3 is 15.7 Å². The van der Waals surface area contributed by atoms with Crippen LogP contribution in [0.25, 0.3) is 0 Å². The van der Waals surface area contributed by atoms with Crippen molar-refractivity contribution in [3.8, 4) is 0 Å². The van der Waals surface area contributed by atoms with Gasteiger partial charge in [0.1, 0.15) is 5.82 Å². The molecule has 6 heteroatoms. The molecule has 0 bridgehead atoms. The average Bonchev–Trinajstić information content (AvgIpc) is 2.38. The summed E-state index contributed by atoms with van der Waals surface area (Å²) in [6.07, 6.45) is 1.10. The first-order chi connectivity index (χ1) is 9.33. The first-order valence-corrected chi connectivity index (χ1v) is 6.41. The fraction of sp³-hybridized carbons (Fsp3) is 0.429. The van der Waals surface area contributed by atoms with Crippen molar-refractivity contribution in [3.05, 3.63) is 29.6 Å². The Kier molecular flexibility index (Phi) is 3.65. The van der Waals surface area contributed by atoms with Gasteiger partial charge in [0.05, 0.1) is 11.0 Å². The number of carboxylic acids is 1. The largest absolute Gasteiger partial charge is 0.481 e. The van der Waals surface area contributed by atoms with E-state index in [1.165, 1.54) is 17.0 Å². The van der Waals surface area contributed by atoms with Gasteiger partial charge in [-0.15, -0.1) is 0 Å². The molecule has 2 rings (SSSR count). The molecule has 3 N–H and O–H groups in total. The van der Waals surface area contributed by atoms with Crippen LogP contribution < -0.4 is 5.73 Å². The molecule has 1 unspecified atom stereocenters. The maximum Gasteiger partial charge on any atom is 0.311 e. The predicted molar refractivity (Wildman–Crippen MR) is 71.7 cm³/mol. The molecule has 1 saturated heterocycles. The van der Waals surface area contributed by atoms with E-state index in [9.17, 15) is 19.1 Å². The Morgan fingerprint density at radius 2 is 2.15 bits per heavy atom. The monoisotopic (exact) mass is 280 g/mol. The van der Waals surface area contributed by atoms with Gasteiger partial charge in [-0.25, -0.2) is 4.39 Å². The van der Waals surface area contributed by atoms with Gasteiger partial charge in [-0.3, -0.25) is 9.59 Å². The van der Waals surface area contributed by atoms with Crippen LogP contribution in [0.4, 0.5) is 10.1 Å². The van der Waals surface area contributed by atoms with Crippen LogP contribution in [-0.2, 0) is 4.79 Å². The molecule has 20 heavy (non-hydrogen) atoms. The number of hydrogen-bond donors (Lipinski definition) is 2. The van der Waals surface area contributed by atoms with Crippen molar-refractivity contribution in [1.29, 1.82) is 0 Å². The number of amides is 1. The third-order valence-corrected chi connectivity index (χ3v) is 3.72. The second-order valence-corrected chi connectivity index (χ2v) is 5.44. The van der Waals surface area contributed by atoms with Gasteiger partial charge in [0.2, 0.25) is 0 Å². The predicted octanol–water partition coefficient (Wildman–Crippen LogP) is 1.73. The number of hydrogen-bond acceptors (Lipinski definition) is 3. The summed E-state index contributed by atoms with van der Waals surface area (Å²) in [7, 11) is 0. The fourth-order valence-electron chi connectivity index (χ4n) is 2.46. The number of anilines is 1. The smallest absolute Gasteiger partial charge is 0.311 e. The quantitative estimate of drug-likeness (QED) is 0.808. The van der Waals surface area contributed by atoms with Crippen molar-refractivity contribution in [3.63, 3.8) is 0 Å². The highest BCUT2D eigenvalue weighted by Crippen LogP contribution is 2.30. The highest BCUT2D eigenvalue weighted by molar-refractivity contribution is 5.95. The topological polar surface area (TPSA) is 83.6 Å². The molecule has 1 heterocycles. The molecule has 1 aliphatic rings. The average molecular weight is 280 g/mol. The molecule has 1 amide bonds. The van der Waals surface area contributed by atoms with Crippen LogP contribution in [0.2, 0.25) is 0 Å². The van der Waals surface area contributed by atoms with Crippen molar-refractivity contribution < 1.29 is 19.1 Å². The van der Waals surface area contributed by atoms with E-state index in [2.05, 4.69) is 0 Å². The van der Waals surface area contributed by atoms with E-state index in [4.69, 9.17) is 5.73 Å². The van der Waals surface area contributed by atoms with Crippen LogP contribution in [0.5, 0.6) is 0 Å². The van der Waals surface area contributed by atoms with E-state index in [1.54, 1.807) is 6.92 Å². The molecule has 0 aromatic heterocycles. The molecule has 0 radical (unpaired) electrons. The highest BCUT2D eigenvalue weighted by atomic mass is 19.1. The molecule has 1 aromatic carbocycles. The van der Waals surface area contributed by atoms with E-state index in [1.807, 2.05) is 0 Å². The van der Waals surface area contributed by atoms with E-state index in [0.717, 1.165) is 6.07 Å². The summed E-state index contributed by atoms with van der Waals surface area (Å²) in [5, 5.41) is 9.23. The first-order valence-electron chi connectivity index (χ1n) is 6.41. The second kappa shape index (κ2) is 5.11. The lowest BCUT2D eigenvalue weighted by atomic mass is 9.82. The van der Waals surface area contributed by atoms with Crippen LogP contribution in [0, 0.1) is 11.2 Å². The zero-order valence-electron chi connectivity index (χ0n) is 11.2. The van der Waals surface area contributed by atoms with Crippen LogP contribution in [0.1, 0.15) is 30.1 Å². The van der Waals surface area contributed by atoms with Crippen molar-refractivity contribution in [1.82, 2.24) is 4.90 Å². The number of nitrogens with two attached hydrogens (primary N) is 1. The number of halogens is 1. The second-order valence-electron chi connectivity index (χ2n) is 5.44. The van der Waals surface area contributed by atoms with Gasteiger partial charge in [0.15, 0.2) is 0 Å². The van der Waals surface area contributed by atoms with E-state index in [0.29, 0.717) is 19.4 Å². The SMILES string of the molecule is CC1(C(=O)O)CCCN(C(=O)c2ccc(N)cc2F)C1. The molecule has 1 fully saturated rings. The molecule has 1 atom stereocenters. The number of rotatable bonds is 2. The summed E-state index contributed by atoms with van der Waals surface area (Å²) in [4.78, 5) is 25.0. The van der Waals surface area contributed by atoms with Crippen molar-refractivity contribution in [2.75, 3.05) is 18.8 Å². The van der Waals surface area contributed by atoms with Crippen LogP contribution in [-0.4, -0.2) is 35.0 Å². The number of aliphatic carboxylic acids is 1. The van der Waals surface area contributed by atoms with Gasteiger partial charge in [0.25, 0.3) is 5.91 Å². The first kappa shape index (κ1) is 14.3. The Bertz CT molecular complexity index is 561. The summed E-state index contributed by atoms with van der Waals surface area (Å²) < 4.78 is 13.8. The lowest BCUT2D eigenvalue weighted by molar-refractivity contribution is -0.150. The summed E-state index contributed by atoms with van der Waals surface area (Å²) in [6.45, 7) is 2.13. The standard InChI is InChI=1S/C14H17FN2O3/c1-14(13(19)20)5-2-6-17(8-14)12(18)10-4-3-9(16)7-11(10)15/h3-4,7H,2,5-6,8,16H2,1H3,(H,19,20). The zero-order valence-corrected chi connectivity index (χ0v) is 11.2. The lowest BCUT2D eigenvalue weighted by Crippen LogP contribution is -2.48. The van der Waals surface area contributed by atoms with Crippen LogP contribution >= 0.6 is 0 Å². The third-order valence-electron chi connectivity index (χ3n) is 3.72. The number of carbonyl (C=O) groups is 2. The van der Waals surface area contributed by atoms with Gasteiger partial charge >= 0.3 is 5.97 Å². The number of carboxylic acid groups (broad SMARTS) is 1. The Labute approximate surface area is 116 Å². The van der Waals surface area contributed by atoms with Crippen molar-refractivity contribution in [2.24, 2.45) is 5.41 Å². The molecule has 0 spiro atoms. The highest BCUT2D eigenvalue weighted by Gasteiger charge is 2.39. The van der Waals surface area contributed by atoms with E-state index < -0.39 is 23.1 Å². The molecule has 108 valence electrons. The normalized spacial score (nSPS) is 22.6. The molecule has 0 aliphatic carbocycles. The number of nitrogen functional groups attached to an aromatic ring is 1. The molecule has 1 aromatic rings. The summed E-state index contributed by atoms with van der Waals surface area (Å²) in [6, 6.07) is 3.88. The molecule has 1 aliphatic heterocycles. The minimum atomic E-state index is -0.974. The lowest BCUT2D eigenvalue weighted by Gasteiger charge is -2.37. The minimum absolute atomic E-state index is 0.0751. The van der Waals surface area contributed by atoms with E-state index in [-0.39, 0.29) is 17.8 Å². The third kappa shape index (κ3) is 2.59. The molecular weight excluding hydrogens is 263 g/mol. The maximum atomic E-state index is 13.8. The number of piperidine rings is 1. The van der Waals surface area contributed by atoms with Gasteiger partial charge in [-0.2, -0.15) is 0 Å². The minimum Gasteiger partial charge on any atom is -0.481 e. The fourth-order valence-corrected chi connectivity index (χ4v) is 2.46. The van der Waals surface area contributed by atoms with Gasteiger partial charge in [0, 0.05) is 18.8 Å². The Morgan fingerprint density at radius 1 is 1.45 bits per heavy atom. The number of benzene rings is 1. The Hall–Kier alpha value is -2.11. The van der Waals surface area contributed by atoms with Crippen LogP contribution in [0.3, 0.4) is 0 Å². The van der Waals surface area contributed by atoms with Gasteiger partial charge in [-0.05, 0) is 38.0 Å². The molecule has 0 saturated carbocycles.